The minimum atomic E-state index is -0.586. The van der Waals surface area contributed by atoms with E-state index in [0.717, 1.165) is 17.5 Å². The van der Waals surface area contributed by atoms with Crippen LogP contribution >= 0.6 is 0 Å². The highest BCUT2D eigenvalue weighted by Gasteiger charge is 2.08. The summed E-state index contributed by atoms with van der Waals surface area (Å²) in [5.41, 5.74) is 2.30. The van der Waals surface area contributed by atoms with E-state index in [-0.39, 0.29) is 12.4 Å². The average molecular weight is 271 g/mol. The Kier molecular flexibility index (Phi) is 4.60. The molecule has 0 radical (unpaired) electrons. The third kappa shape index (κ3) is 3.75. The molecule has 20 heavy (non-hydrogen) atoms. The maximum atomic E-state index is 11.7. The van der Waals surface area contributed by atoms with Gasteiger partial charge in [-0.2, -0.15) is 0 Å². The van der Waals surface area contributed by atoms with Crippen molar-refractivity contribution in [2.24, 2.45) is 0 Å². The van der Waals surface area contributed by atoms with E-state index in [4.69, 9.17) is 4.74 Å². The Morgan fingerprint density at radius 1 is 1.15 bits per heavy atom. The summed E-state index contributed by atoms with van der Waals surface area (Å²) >= 11 is 0. The van der Waals surface area contributed by atoms with Crippen LogP contribution in [0.25, 0.3) is 0 Å². The van der Waals surface area contributed by atoms with Gasteiger partial charge in [0.1, 0.15) is 12.4 Å². The van der Waals surface area contributed by atoms with Crippen LogP contribution < -0.4 is 5.32 Å². The highest BCUT2D eigenvalue weighted by molar-refractivity contribution is 5.86. The molecule has 2 aromatic rings. The molecule has 0 aromatic heterocycles. The molecule has 0 atom stereocenters. The van der Waals surface area contributed by atoms with Crippen molar-refractivity contribution in [3.8, 4) is 5.75 Å². The Labute approximate surface area is 118 Å². The molecule has 2 N–H and O–H groups in total. The van der Waals surface area contributed by atoms with E-state index in [1.54, 1.807) is 12.1 Å². The lowest BCUT2D eigenvalue weighted by atomic mass is 10.1. The first-order valence-electron chi connectivity index (χ1n) is 6.48. The molecule has 0 aliphatic rings. The molecule has 0 aliphatic heterocycles. The maximum absolute atomic E-state index is 11.7. The molecular weight excluding hydrogens is 254 g/mol. The molecular formula is C16H17NO3. The van der Waals surface area contributed by atoms with Crippen molar-refractivity contribution in [1.29, 1.82) is 0 Å². The van der Waals surface area contributed by atoms with Gasteiger partial charge in [0, 0.05) is 0 Å². The second-order valence-corrected chi connectivity index (χ2v) is 4.39. The van der Waals surface area contributed by atoms with Gasteiger partial charge in [0.25, 0.3) is 0 Å². The number of carbonyl (C=O) groups excluding carboxylic acids is 1. The standard InChI is InChI=1S/C16H17NO3/c1-2-12-8-9-15(18)14(10-12)17-16(19)20-11-13-6-4-3-5-7-13/h3-10,18H,2,11H2,1H3,(H,17,19). The maximum Gasteiger partial charge on any atom is 0.412 e. The molecule has 104 valence electrons. The summed E-state index contributed by atoms with van der Waals surface area (Å²) in [6.45, 7) is 2.20. The molecule has 2 aromatic carbocycles. The van der Waals surface area contributed by atoms with Crippen LogP contribution in [0.4, 0.5) is 10.5 Å². The summed E-state index contributed by atoms with van der Waals surface area (Å²) in [7, 11) is 0. The molecule has 0 aliphatic carbocycles. The van der Waals surface area contributed by atoms with Crippen molar-refractivity contribution in [3.63, 3.8) is 0 Å². The van der Waals surface area contributed by atoms with Crippen LogP contribution in [0, 0.1) is 0 Å². The highest BCUT2D eigenvalue weighted by Crippen LogP contribution is 2.24. The Morgan fingerprint density at radius 3 is 2.60 bits per heavy atom. The number of nitrogens with one attached hydrogen (secondary N) is 1. The molecule has 2 rings (SSSR count). The minimum Gasteiger partial charge on any atom is -0.506 e. The summed E-state index contributed by atoms with van der Waals surface area (Å²) in [5, 5.41) is 12.2. The first-order valence-corrected chi connectivity index (χ1v) is 6.48. The van der Waals surface area contributed by atoms with Gasteiger partial charge in [0.15, 0.2) is 0 Å². The van der Waals surface area contributed by atoms with E-state index < -0.39 is 6.09 Å². The fourth-order valence-electron chi connectivity index (χ4n) is 1.77. The van der Waals surface area contributed by atoms with Crippen molar-refractivity contribution in [2.45, 2.75) is 20.0 Å². The number of hydrogen-bond acceptors (Lipinski definition) is 3. The molecule has 0 heterocycles. The van der Waals surface area contributed by atoms with Gasteiger partial charge >= 0.3 is 6.09 Å². The van der Waals surface area contributed by atoms with Crippen molar-refractivity contribution >= 4 is 11.8 Å². The topological polar surface area (TPSA) is 58.6 Å². The predicted octanol–water partition coefficient (Wildman–Crippen LogP) is 3.70. The van der Waals surface area contributed by atoms with Crippen molar-refractivity contribution in [2.75, 3.05) is 5.32 Å². The highest BCUT2D eigenvalue weighted by atomic mass is 16.5. The Bertz CT molecular complexity index is 582. The van der Waals surface area contributed by atoms with Gasteiger partial charge in [0.2, 0.25) is 0 Å². The number of benzene rings is 2. The van der Waals surface area contributed by atoms with E-state index in [9.17, 15) is 9.90 Å². The smallest absolute Gasteiger partial charge is 0.412 e. The van der Waals surface area contributed by atoms with Crippen LogP contribution in [-0.4, -0.2) is 11.2 Å². The van der Waals surface area contributed by atoms with Crippen LogP contribution in [0.15, 0.2) is 48.5 Å². The Balaban J connectivity index is 1.94. The summed E-state index contributed by atoms with van der Waals surface area (Å²) in [6, 6.07) is 14.5. The zero-order valence-corrected chi connectivity index (χ0v) is 11.3. The van der Waals surface area contributed by atoms with Gasteiger partial charge in [-0.25, -0.2) is 4.79 Å². The zero-order chi connectivity index (χ0) is 14.4. The molecule has 1 amide bonds. The van der Waals surface area contributed by atoms with Gasteiger partial charge in [-0.1, -0.05) is 43.3 Å². The summed E-state index contributed by atoms with van der Waals surface area (Å²) in [5.74, 6) is 0.0267. The van der Waals surface area contributed by atoms with Crippen molar-refractivity contribution < 1.29 is 14.6 Å². The molecule has 4 nitrogen and oxygen atoms in total. The quantitative estimate of drug-likeness (QED) is 0.833. The number of ether oxygens (including phenoxy) is 1. The summed E-state index contributed by atoms with van der Waals surface area (Å²) in [6.07, 6.45) is 0.242. The molecule has 0 saturated heterocycles. The molecule has 0 saturated carbocycles. The van der Waals surface area contributed by atoms with Crippen molar-refractivity contribution in [3.05, 3.63) is 59.7 Å². The first-order chi connectivity index (χ1) is 9.69. The van der Waals surface area contributed by atoms with Crippen LogP contribution in [0.3, 0.4) is 0 Å². The number of anilines is 1. The number of aromatic hydroxyl groups is 1. The third-order valence-corrected chi connectivity index (χ3v) is 2.92. The van der Waals surface area contributed by atoms with Crippen LogP contribution in [0.1, 0.15) is 18.1 Å². The SMILES string of the molecule is CCc1ccc(O)c(NC(=O)OCc2ccccc2)c1. The fraction of sp³-hybridized carbons (Fsp3) is 0.188. The van der Waals surface area contributed by atoms with E-state index in [1.165, 1.54) is 0 Å². The van der Waals surface area contributed by atoms with Gasteiger partial charge in [-0.15, -0.1) is 0 Å². The number of amides is 1. The molecule has 0 fully saturated rings. The monoisotopic (exact) mass is 271 g/mol. The molecule has 0 bridgehead atoms. The van der Waals surface area contributed by atoms with Crippen LogP contribution in [0.2, 0.25) is 0 Å². The number of aryl methyl sites for hydroxylation is 1. The molecule has 0 unspecified atom stereocenters. The lowest BCUT2D eigenvalue weighted by Gasteiger charge is -2.09. The third-order valence-electron chi connectivity index (χ3n) is 2.92. The summed E-state index contributed by atoms with van der Waals surface area (Å²) in [4.78, 5) is 11.7. The largest absolute Gasteiger partial charge is 0.506 e. The van der Waals surface area contributed by atoms with E-state index >= 15 is 0 Å². The van der Waals surface area contributed by atoms with E-state index in [2.05, 4.69) is 5.32 Å². The second kappa shape index (κ2) is 6.61. The summed E-state index contributed by atoms with van der Waals surface area (Å²) < 4.78 is 5.10. The first kappa shape index (κ1) is 13.9. The van der Waals surface area contributed by atoms with E-state index in [1.807, 2.05) is 43.3 Å². The lowest BCUT2D eigenvalue weighted by Crippen LogP contribution is -2.13. The number of phenols is 1. The van der Waals surface area contributed by atoms with Gasteiger partial charge in [-0.3, -0.25) is 5.32 Å². The fourth-order valence-corrected chi connectivity index (χ4v) is 1.77. The molecule has 0 spiro atoms. The number of rotatable bonds is 4. The van der Waals surface area contributed by atoms with Gasteiger partial charge < -0.3 is 9.84 Å². The second-order valence-electron chi connectivity index (χ2n) is 4.39. The van der Waals surface area contributed by atoms with Crippen molar-refractivity contribution in [1.82, 2.24) is 0 Å². The van der Waals surface area contributed by atoms with Gasteiger partial charge in [0.05, 0.1) is 5.69 Å². The van der Waals surface area contributed by atoms with Crippen LogP contribution in [0.5, 0.6) is 5.75 Å². The number of carbonyl (C=O) groups is 1. The zero-order valence-electron chi connectivity index (χ0n) is 11.3. The van der Waals surface area contributed by atoms with E-state index in [0.29, 0.717) is 5.69 Å². The normalized spacial score (nSPS) is 10.1. The Morgan fingerprint density at radius 2 is 1.90 bits per heavy atom. The average Bonchev–Trinajstić information content (AvgIpc) is 2.48. The van der Waals surface area contributed by atoms with Crippen LogP contribution in [-0.2, 0) is 17.8 Å². The minimum absolute atomic E-state index is 0.0267. The number of hydrogen-bond donors (Lipinski definition) is 2. The number of phenolic OH excluding ortho intramolecular Hbond substituents is 1. The predicted molar refractivity (Wildman–Crippen MR) is 77.7 cm³/mol. The lowest BCUT2D eigenvalue weighted by molar-refractivity contribution is 0.155. The Hall–Kier alpha value is -2.49. The van der Waals surface area contributed by atoms with Gasteiger partial charge in [-0.05, 0) is 29.7 Å². The molecule has 4 heteroatoms.